The van der Waals surface area contributed by atoms with E-state index in [2.05, 4.69) is 36.1 Å². The number of carbonyl (C=O) groups is 1. The molecule has 0 aromatic carbocycles. The van der Waals surface area contributed by atoms with E-state index in [1.807, 2.05) is 17.8 Å². The molecule has 32 heavy (non-hydrogen) atoms. The second kappa shape index (κ2) is 9.87. The maximum atomic E-state index is 12.9. The summed E-state index contributed by atoms with van der Waals surface area (Å²) in [5, 5.41) is 8.92. The zero-order chi connectivity index (χ0) is 22.7. The third kappa shape index (κ3) is 4.69. The molecular weight excluding hydrogens is 402 g/mol. The van der Waals surface area contributed by atoms with Crippen molar-refractivity contribution in [2.24, 2.45) is 0 Å². The molecule has 176 valence electrons. The molecule has 2 fully saturated rings. The van der Waals surface area contributed by atoms with E-state index in [0.717, 1.165) is 49.6 Å². The number of hydrogen-bond acceptors (Lipinski definition) is 5. The molecule has 0 unspecified atom stereocenters. The molecule has 7 heteroatoms. The van der Waals surface area contributed by atoms with Crippen molar-refractivity contribution >= 4 is 16.9 Å². The molecule has 4 rings (SSSR count). The zero-order valence-electron chi connectivity index (χ0n) is 20.2. The van der Waals surface area contributed by atoms with Gasteiger partial charge in [-0.2, -0.15) is 5.10 Å². The molecule has 0 atom stereocenters. The fourth-order valence-corrected chi connectivity index (χ4v) is 5.58. The van der Waals surface area contributed by atoms with Crippen LogP contribution >= 0.6 is 0 Å². The Morgan fingerprint density at radius 3 is 2.59 bits per heavy atom. The predicted molar refractivity (Wildman–Crippen MR) is 127 cm³/mol. The van der Waals surface area contributed by atoms with Crippen LogP contribution in [0.25, 0.3) is 11.0 Å². The van der Waals surface area contributed by atoms with Crippen molar-refractivity contribution in [3.8, 4) is 0 Å². The minimum Gasteiger partial charge on any atom is -0.379 e. The topological polar surface area (TPSA) is 72.3 Å². The average Bonchev–Trinajstić information content (AvgIpc) is 3.23. The Morgan fingerprint density at radius 1 is 1.19 bits per heavy atom. The number of nitrogens with zero attached hydrogens (tertiary/aromatic N) is 4. The minimum atomic E-state index is 0.107. The lowest BCUT2D eigenvalue weighted by Gasteiger charge is -2.48. The number of aromatic nitrogens is 3. The molecule has 1 saturated heterocycles. The number of rotatable bonds is 7. The lowest BCUT2D eigenvalue weighted by atomic mass is 9.79. The Bertz CT molecular complexity index is 939. The van der Waals surface area contributed by atoms with Gasteiger partial charge in [-0.15, -0.1) is 0 Å². The first kappa shape index (κ1) is 23.2. The highest BCUT2D eigenvalue weighted by Crippen LogP contribution is 2.34. The number of hydrogen-bond donors (Lipinski definition) is 1. The summed E-state index contributed by atoms with van der Waals surface area (Å²) in [5.41, 5.74) is 4.42. The Hall–Kier alpha value is -1.99. The third-order valence-corrected chi connectivity index (χ3v) is 7.51. The van der Waals surface area contributed by atoms with Gasteiger partial charge in [-0.1, -0.05) is 19.3 Å². The maximum Gasteiger partial charge on any atom is 0.220 e. The number of carbonyl (C=O) groups excluding carboxylic acids is 1. The summed E-state index contributed by atoms with van der Waals surface area (Å²) in [6, 6.07) is 0.272. The molecule has 1 aliphatic carbocycles. The van der Waals surface area contributed by atoms with E-state index in [4.69, 9.17) is 9.72 Å². The van der Waals surface area contributed by atoms with Gasteiger partial charge in [-0.05, 0) is 58.1 Å². The summed E-state index contributed by atoms with van der Waals surface area (Å²) in [7, 11) is 0. The van der Waals surface area contributed by atoms with E-state index in [1.165, 1.54) is 43.2 Å². The van der Waals surface area contributed by atoms with Gasteiger partial charge in [-0.3, -0.25) is 9.69 Å². The lowest BCUT2D eigenvalue weighted by molar-refractivity contribution is -0.122. The van der Waals surface area contributed by atoms with Crippen molar-refractivity contribution < 1.29 is 9.53 Å². The molecule has 3 heterocycles. The van der Waals surface area contributed by atoms with Crippen molar-refractivity contribution in [3.05, 3.63) is 23.0 Å². The average molecular weight is 442 g/mol. The summed E-state index contributed by atoms with van der Waals surface area (Å²) >= 11 is 0. The molecule has 2 aromatic rings. The lowest BCUT2D eigenvalue weighted by Crippen LogP contribution is -2.59. The van der Waals surface area contributed by atoms with Crippen LogP contribution in [0.3, 0.4) is 0 Å². The van der Waals surface area contributed by atoms with Gasteiger partial charge in [0.1, 0.15) is 0 Å². The summed E-state index contributed by atoms with van der Waals surface area (Å²) in [6.45, 7) is 12.7. The van der Waals surface area contributed by atoms with Gasteiger partial charge < -0.3 is 10.1 Å². The van der Waals surface area contributed by atoms with Gasteiger partial charge in [0.15, 0.2) is 5.65 Å². The smallest absolute Gasteiger partial charge is 0.220 e. The minimum absolute atomic E-state index is 0.107. The predicted octanol–water partition coefficient (Wildman–Crippen LogP) is 3.71. The number of aryl methyl sites for hydroxylation is 2. The van der Waals surface area contributed by atoms with Crippen LogP contribution in [-0.4, -0.2) is 64.0 Å². The highest BCUT2D eigenvalue weighted by atomic mass is 16.5. The van der Waals surface area contributed by atoms with Gasteiger partial charge in [0.25, 0.3) is 0 Å². The van der Waals surface area contributed by atoms with Crippen molar-refractivity contribution in [1.82, 2.24) is 25.0 Å². The molecule has 7 nitrogen and oxygen atoms in total. The Labute approximate surface area is 191 Å². The van der Waals surface area contributed by atoms with Crippen LogP contribution in [0.1, 0.15) is 75.2 Å². The molecule has 1 aliphatic heterocycles. The van der Waals surface area contributed by atoms with Crippen molar-refractivity contribution in [2.75, 3.05) is 32.8 Å². The van der Waals surface area contributed by atoms with E-state index >= 15 is 0 Å². The van der Waals surface area contributed by atoms with Crippen LogP contribution in [0.2, 0.25) is 0 Å². The fraction of sp³-hybridized carbons (Fsp3) is 0.720. The van der Waals surface area contributed by atoms with Crippen molar-refractivity contribution in [3.63, 3.8) is 0 Å². The van der Waals surface area contributed by atoms with E-state index in [1.54, 1.807) is 0 Å². The SMILES string of the molecule is Cc1nc2c(cnn2C(C)C)c(C)c1CCC(=O)NCC1(N2CCOCC2)CCCCC1. The van der Waals surface area contributed by atoms with Gasteiger partial charge in [0.2, 0.25) is 5.91 Å². The maximum absolute atomic E-state index is 12.9. The largest absolute Gasteiger partial charge is 0.379 e. The molecule has 1 saturated carbocycles. The van der Waals surface area contributed by atoms with Gasteiger partial charge >= 0.3 is 0 Å². The number of amides is 1. The third-order valence-electron chi connectivity index (χ3n) is 7.51. The first-order chi connectivity index (χ1) is 15.4. The number of nitrogens with one attached hydrogen (secondary N) is 1. The number of fused-ring (bicyclic) bond motifs is 1. The Morgan fingerprint density at radius 2 is 1.91 bits per heavy atom. The standard InChI is InChI=1S/C25H39N5O2/c1-18(2)30-24-22(16-27-30)19(3)21(20(4)28-24)8-9-23(31)26-17-25(10-6-5-7-11-25)29-12-14-32-15-13-29/h16,18H,5-15,17H2,1-4H3,(H,26,31). The van der Waals surface area contributed by atoms with Crippen LogP contribution in [0.5, 0.6) is 0 Å². The van der Waals surface area contributed by atoms with Crippen LogP contribution < -0.4 is 5.32 Å². The first-order valence-electron chi connectivity index (χ1n) is 12.3. The molecule has 1 N–H and O–H groups in total. The van der Waals surface area contributed by atoms with E-state index in [-0.39, 0.29) is 17.5 Å². The van der Waals surface area contributed by atoms with E-state index in [0.29, 0.717) is 12.8 Å². The molecule has 1 amide bonds. The number of pyridine rings is 1. The fourth-order valence-electron chi connectivity index (χ4n) is 5.58. The van der Waals surface area contributed by atoms with Gasteiger partial charge in [0.05, 0.1) is 19.4 Å². The van der Waals surface area contributed by atoms with E-state index in [9.17, 15) is 4.79 Å². The molecule has 0 bridgehead atoms. The Balaban J connectivity index is 1.40. The van der Waals surface area contributed by atoms with Crippen molar-refractivity contribution in [2.45, 2.75) is 84.2 Å². The summed E-state index contributed by atoms with van der Waals surface area (Å²) in [5.74, 6) is 0.139. The van der Waals surface area contributed by atoms with E-state index < -0.39 is 0 Å². The summed E-state index contributed by atoms with van der Waals surface area (Å²) < 4.78 is 7.55. The van der Waals surface area contributed by atoms with Gasteiger partial charge in [-0.25, -0.2) is 9.67 Å². The zero-order valence-corrected chi connectivity index (χ0v) is 20.2. The highest BCUT2D eigenvalue weighted by Gasteiger charge is 2.38. The van der Waals surface area contributed by atoms with Crippen LogP contribution in [-0.2, 0) is 16.0 Å². The second-order valence-corrected chi connectivity index (χ2v) is 9.88. The van der Waals surface area contributed by atoms with Crippen molar-refractivity contribution in [1.29, 1.82) is 0 Å². The number of morpholine rings is 1. The highest BCUT2D eigenvalue weighted by molar-refractivity contribution is 5.81. The Kier molecular flexibility index (Phi) is 7.15. The first-order valence-corrected chi connectivity index (χ1v) is 12.3. The number of ether oxygens (including phenoxy) is 1. The molecule has 0 spiro atoms. The summed E-state index contributed by atoms with van der Waals surface area (Å²) in [6.07, 6.45) is 9.27. The quantitative estimate of drug-likeness (QED) is 0.709. The molecule has 2 aromatic heterocycles. The normalized spacial score (nSPS) is 19.5. The summed E-state index contributed by atoms with van der Waals surface area (Å²) in [4.78, 5) is 20.3. The second-order valence-electron chi connectivity index (χ2n) is 9.88. The van der Waals surface area contributed by atoms with Crippen LogP contribution in [0.15, 0.2) is 6.20 Å². The monoisotopic (exact) mass is 441 g/mol. The van der Waals surface area contributed by atoms with Gasteiger partial charge in [0, 0.05) is 48.7 Å². The van der Waals surface area contributed by atoms with Crippen LogP contribution in [0, 0.1) is 13.8 Å². The van der Waals surface area contributed by atoms with Crippen LogP contribution in [0.4, 0.5) is 0 Å². The molecular formula is C25H39N5O2. The molecule has 2 aliphatic rings. The molecule has 0 radical (unpaired) electrons.